The second-order valence-electron chi connectivity index (χ2n) is 7.43. The Bertz CT molecular complexity index is 1390. The molecule has 0 saturated carbocycles. The molecule has 0 bridgehead atoms. The van der Waals surface area contributed by atoms with Gasteiger partial charge in [0.05, 0.1) is 18.8 Å². The molecule has 0 N–H and O–H groups in total. The molecule has 3 heterocycles. The first-order chi connectivity index (χ1) is 14.8. The predicted molar refractivity (Wildman–Crippen MR) is 118 cm³/mol. The highest BCUT2D eigenvalue weighted by atomic mass is 35.5. The molecule has 0 aliphatic rings. The molecule has 0 radical (unpaired) electrons. The second-order valence-corrected chi connectivity index (χ2v) is 7.87. The van der Waals surface area contributed by atoms with E-state index in [9.17, 15) is 9.59 Å². The van der Waals surface area contributed by atoms with Crippen LogP contribution in [0.2, 0.25) is 5.02 Å². The van der Waals surface area contributed by atoms with Gasteiger partial charge in [-0.25, -0.2) is 9.48 Å². The Balaban J connectivity index is 2.00. The fraction of sp³-hybridized carbons (Fsp3) is 0.333. The van der Waals surface area contributed by atoms with Gasteiger partial charge >= 0.3 is 5.69 Å². The molecule has 0 unspecified atom stereocenters. The van der Waals surface area contributed by atoms with Gasteiger partial charge in [-0.3, -0.25) is 13.9 Å². The van der Waals surface area contributed by atoms with Crippen molar-refractivity contribution in [2.45, 2.75) is 26.9 Å². The maximum atomic E-state index is 13.5. The third-order valence-electron chi connectivity index (χ3n) is 5.16. The van der Waals surface area contributed by atoms with Gasteiger partial charge < -0.3 is 9.30 Å². The molecule has 0 fully saturated rings. The minimum Gasteiger partial charge on any atom is -0.383 e. The van der Waals surface area contributed by atoms with Crippen molar-refractivity contribution in [3.05, 3.63) is 73.1 Å². The van der Waals surface area contributed by atoms with Crippen molar-refractivity contribution in [2.75, 3.05) is 13.7 Å². The summed E-state index contributed by atoms with van der Waals surface area (Å²) in [5.41, 5.74) is 2.21. The lowest BCUT2D eigenvalue weighted by Gasteiger charge is -2.11. The molecule has 9 nitrogen and oxygen atoms in total. The quantitative estimate of drug-likeness (QED) is 0.456. The van der Waals surface area contributed by atoms with E-state index in [0.717, 1.165) is 17.0 Å². The van der Waals surface area contributed by atoms with Crippen LogP contribution in [0, 0.1) is 13.8 Å². The van der Waals surface area contributed by atoms with E-state index in [2.05, 4.69) is 10.1 Å². The number of aryl methyl sites for hydroxylation is 3. The summed E-state index contributed by atoms with van der Waals surface area (Å²) in [7, 11) is 3.20. The van der Waals surface area contributed by atoms with E-state index in [0.29, 0.717) is 35.3 Å². The molecule has 10 heteroatoms. The number of hydrogen-bond donors (Lipinski definition) is 0. The molecule has 0 saturated heterocycles. The third-order valence-corrected chi connectivity index (χ3v) is 5.40. The second kappa shape index (κ2) is 8.16. The van der Waals surface area contributed by atoms with Gasteiger partial charge in [0.25, 0.3) is 5.56 Å². The maximum absolute atomic E-state index is 13.5. The molecule has 0 aliphatic heterocycles. The van der Waals surface area contributed by atoms with E-state index in [-0.39, 0.29) is 6.54 Å². The van der Waals surface area contributed by atoms with Crippen molar-refractivity contribution in [3.8, 4) is 5.95 Å². The van der Waals surface area contributed by atoms with Crippen LogP contribution in [-0.2, 0) is 24.9 Å². The van der Waals surface area contributed by atoms with E-state index in [4.69, 9.17) is 16.3 Å². The number of hydrogen-bond acceptors (Lipinski definition) is 5. The average molecular weight is 443 g/mol. The van der Waals surface area contributed by atoms with Crippen LogP contribution >= 0.6 is 11.6 Å². The highest BCUT2D eigenvalue weighted by molar-refractivity contribution is 6.30. The highest BCUT2D eigenvalue weighted by Crippen LogP contribution is 2.18. The van der Waals surface area contributed by atoms with E-state index in [1.165, 1.54) is 9.13 Å². The highest BCUT2D eigenvalue weighted by Gasteiger charge is 2.22. The van der Waals surface area contributed by atoms with Gasteiger partial charge in [-0.05, 0) is 37.6 Å². The van der Waals surface area contributed by atoms with E-state index in [1.807, 2.05) is 26.0 Å². The zero-order valence-corrected chi connectivity index (χ0v) is 18.5. The summed E-state index contributed by atoms with van der Waals surface area (Å²) in [6.45, 7) is 4.65. The molecule has 0 spiro atoms. The summed E-state index contributed by atoms with van der Waals surface area (Å²) < 4.78 is 11.3. The molecule has 0 amide bonds. The Labute approximate surface area is 183 Å². The normalized spacial score (nSPS) is 11.5. The number of aromatic nitrogens is 6. The van der Waals surface area contributed by atoms with E-state index < -0.39 is 11.2 Å². The first-order valence-electron chi connectivity index (χ1n) is 9.79. The van der Waals surface area contributed by atoms with Crippen molar-refractivity contribution in [1.29, 1.82) is 0 Å². The number of imidazole rings is 1. The number of nitrogens with zero attached hydrogens (tertiary/aromatic N) is 6. The molecule has 3 aromatic heterocycles. The standard InChI is InChI=1S/C21H23ClN6O3/c1-13-10-14(2)28(24-13)20-23-18-17(26(20)8-9-31-4)19(29)27(21(30)25(18)3)12-15-6-5-7-16(22)11-15/h5-7,10-11H,8-9,12H2,1-4H3. The Kier molecular flexibility index (Phi) is 5.55. The number of halogens is 1. The van der Waals surface area contributed by atoms with E-state index >= 15 is 0 Å². The first kappa shape index (κ1) is 21.1. The van der Waals surface area contributed by atoms with Crippen molar-refractivity contribution in [3.63, 3.8) is 0 Å². The van der Waals surface area contributed by atoms with Gasteiger partial charge in [-0.15, -0.1) is 0 Å². The Hall–Kier alpha value is -3.17. The lowest BCUT2D eigenvalue weighted by atomic mass is 10.2. The van der Waals surface area contributed by atoms with Crippen molar-refractivity contribution in [2.24, 2.45) is 7.05 Å². The fourth-order valence-corrected chi connectivity index (χ4v) is 3.92. The van der Waals surface area contributed by atoms with Crippen LogP contribution in [0.3, 0.4) is 0 Å². The number of benzene rings is 1. The SMILES string of the molecule is COCCn1c(-n2nc(C)cc2C)nc2c1c(=O)n(Cc1cccc(Cl)c1)c(=O)n2C. The minimum absolute atomic E-state index is 0.104. The van der Waals surface area contributed by atoms with Crippen LogP contribution in [-0.4, -0.2) is 42.2 Å². The molecule has 162 valence electrons. The van der Waals surface area contributed by atoms with Gasteiger partial charge in [0.1, 0.15) is 0 Å². The van der Waals surface area contributed by atoms with Gasteiger partial charge in [0.15, 0.2) is 11.2 Å². The van der Waals surface area contributed by atoms with Crippen LogP contribution in [0.4, 0.5) is 0 Å². The molecule has 0 aliphatic carbocycles. The number of ether oxygens (including phenoxy) is 1. The summed E-state index contributed by atoms with van der Waals surface area (Å²) in [5, 5.41) is 5.05. The van der Waals surface area contributed by atoms with Gasteiger partial charge in [0, 0.05) is 31.4 Å². The average Bonchev–Trinajstić information content (AvgIpc) is 3.27. The smallest absolute Gasteiger partial charge is 0.332 e. The number of fused-ring (bicyclic) bond motifs is 1. The molecular weight excluding hydrogens is 420 g/mol. The predicted octanol–water partition coefficient (Wildman–Crippen LogP) is 2.05. The molecular formula is C21H23ClN6O3. The molecule has 4 rings (SSSR count). The molecule has 1 aromatic carbocycles. The maximum Gasteiger partial charge on any atom is 0.332 e. The van der Waals surface area contributed by atoms with Crippen molar-refractivity contribution < 1.29 is 4.74 Å². The van der Waals surface area contributed by atoms with Crippen LogP contribution < -0.4 is 11.2 Å². The Morgan fingerprint density at radius 1 is 1.13 bits per heavy atom. The Morgan fingerprint density at radius 3 is 2.55 bits per heavy atom. The zero-order chi connectivity index (χ0) is 22.3. The lowest BCUT2D eigenvalue weighted by Crippen LogP contribution is -2.40. The van der Waals surface area contributed by atoms with Crippen LogP contribution in [0.1, 0.15) is 17.0 Å². The molecule has 4 aromatic rings. The summed E-state index contributed by atoms with van der Waals surface area (Å²) in [6.07, 6.45) is 0. The first-order valence-corrected chi connectivity index (χ1v) is 10.2. The van der Waals surface area contributed by atoms with Gasteiger partial charge in [0.2, 0.25) is 5.95 Å². The monoisotopic (exact) mass is 442 g/mol. The topological polar surface area (TPSA) is 88.9 Å². The molecule has 31 heavy (non-hydrogen) atoms. The van der Waals surface area contributed by atoms with Gasteiger partial charge in [-0.1, -0.05) is 23.7 Å². The zero-order valence-electron chi connectivity index (χ0n) is 17.8. The third kappa shape index (κ3) is 3.70. The van der Waals surface area contributed by atoms with Gasteiger partial charge in [-0.2, -0.15) is 10.1 Å². The largest absolute Gasteiger partial charge is 0.383 e. The number of rotatable bonds is 6. The van der Waals surface area contributed by atoms with Crippen molar-refractivity contribution in [1.82, 2.24) is 28.5 Å². The van der Waals surface area contributed by atoms with Crippen LogP contribution in [0.15, 0.2) is 39.9 Å². The summed E-state index contributed by atoms with van der Waals surface area (Å²) in [5.74, 6) is 0.463. The summed E-state index contributed by atoms with van der Waals surface area (Å²) in [6, 6.07) is 9.02. The Morgan fingerprint density at radius 2 is 1.90 bits per heavy atom. The summed E-state index contributed by atoms with van der Waals surface area (Å²) in [4.78, 5) is 31.2. The summed E-state index contributed by atoms with van der Waals surface area (Å²) >= 11 is 6.08. The van der Waals surface area contributed by atoms with Crippen LogP contribution in [0.25, 0.3) is 17.1 Å². The number of methoxy groups -OCH3 is 1. The fourth-order valence-electron chi connectivity index (χ4n) is 3.70. The van der Waals surface area contributed by atoms with Crippen molar-refractivity contribution >= 4 is 22.8 Å². The van der Waals surface area contributed by atoms with E-state index in [1.54, 1.807) is 41.6 Å². The lowest BCUT2D eigenvalue weighted by molar-refractivity contribution is 0.188. The minimum atomic E-state index is -0.450. The van der Waals surface area contributed by atoms with Crippen LogP contribution in [0.5, 0.6) is 0 Å². The molecule has 0 atom stereocenters.